The van der Waals surface area contributed by atoms with Crippen molar-refractivity contribution in [2.75, 3.05) is 0 Å². The quantitative estimate of drug-likeness (QED) is 0.271. The van der Waals surface area contributed by atoms with E-state index in [4.69, 9.17) is 0 Å². The van der Waals surface area contributed by atoms with Crippen LogP contribution >= 0.6 is 0 Å². The first kappa shape index (κ1) is 64.0. The van der Waals surface area contributed by atoms with Crippen molar-refractivity contribution in [3.05, 3.63) is 0 Å². The third-order valence-electron chi connectivity index (χ3n) is 0. The SMILES string of the molecule is [Ga].[Ga].[Ga].[Ga].[Ga].[Ga].[Ga].[Rb]. The Morgan fingerprint density at radius 2 is 0.250 bits per heavy atom. The van der Waals surface area contributed by atoms with Gasteiger partial charge >= 0.3 is 0 Å². The molecule has 0 aliphatic rings. The monoisotopic (exact) mass is 567 g/mol. The minimum absolute atomic E-state index is 0. The van der Waals surface area contributed by atoms with Gasteiger partial charge in [0.1, 0.15) is 0 Å². The molecule has 0 aromatic heterocycles. The van der Waals surface area contributed by atoms with Crippen molar-refractivity contribution >= 4 is 197 Å². The molecule has 0 aromatic carbocycles. The van der Waals surface area contributed by atoms with Gasteiger partial charge in [0.25, 0.3) is 0 Å². The third kappa shape index (κ3) is 39.7. The molecule has 0 amide bonds. The van der Waals surface area contributed by atoms with Crippen LogP contribution in [0.4, 0.5) is 0 Å². The van der Waals surface area contributed by atoms with E-state index in [0.29, 0.717) is 0 Å². The maximum absolute atomic E-state index is 0. The van der Waals surface area contributed by atoms with Gasteiger partial charge in [0.2, 0.25) is 0 Å². The summed E-state index contributed by atoms with van der Waals surface area (Å²) in [5.41, 5.74) is 0. The summed E-state index contributed by atoms with van der Waals surface area (Å²) in [6.07, 6.45) is 0. The van der Waals surface area contributed by atoms with E-state index in [-0.39, 0.29) is 197 Å². The van der Waals surface area contributed by atoms with Crippen LogP contribution in [0.25, 0.3) is 0 Å². The smallest absolute Gasteiger partial charge is 0 e. The van der Waals surface area contributed by atoms with Crippen LogP contribution < -0.4 is 0 Å². The molecule has 0 aromatic rings. The zero-order valence-corrected chi connectivity index (χ0v) is 26.9. The molecule has 22 valence electrons. The van der Waals surface area contributed by atoms with E-state index in [0.717, 1.165) is 0 Å². The Kier molecular flexibility index (Phi) is 407. The number of rotatable bonds is 0. The zero-order chi connectivity index (χ0) is 0. The van der Waals surface area contributed by atoms with Gasteiger partial charge in [0.15, 0.2) is 0 Å². The van der Waals surface area contributed by atoms with Crippen LogP contribution in [0.5, 0.6) is 0 Å². The molecule has 0 aliphatic carbocycles. The maximum atomic E-state index is 0. The van der Waals surface area contributed by atoms with Gasteiger partial charge in [-0.05, 0) is 0 Å². The van der Waals surface area contributed by atoms with Crippen molar-refractivity contribution in [1.82, 2.24) is 0 Å². The second kappa shape index (κ2) is 50.9. The fraction of sp³-hybridized carbons (Fsp3) is 0. The van der Waals surface area contributed by atoms with E-state index in [1.165, 1.54) is 0 Å². The van der Waals surface area contributed by atoms with Crippen LogP contribution in [0, 0.1) is 0 Å². The third-order valence-corrected chi connectivity index (χ3v) is 0. The predicted molar refractivity (Wildman–Crippen MR) is 46.0 cm³/mol. The Balaban J connectivity index is 0. The largest absolute Gasteiger partial charge is 0 e. The van der Waals surface area contributed by atoms with Crippen molar-refractivity contribution in [1.29, 1.82) is 0 Å². The first-order valence-electron chi connectivity index (χ1n) is 0. The van der Waals surface area contributed by atoms with Gasteiger partial charge in [0, 0.05) is 197 Å². The van der Waals surface area contributed by atoms with E-state index < -0.39 is 0 Å². The van der Waals surface area contributed by atoms with E-state index in [2.05, 4.69) is 0 Å². The Labute approximate surface area is 191 Å². The van der Waals surface area contributed by atoms with Gasteiger partial charge < -0.3 is 0 Å². The molecule has 0 atom stereocenters. The summed E-state index contributed by atoms with van der Waals surface area (Å²) >= 11 is 0. The Morgan fingerprint density at radius 1 is 0.250 bits per heavy atom. The molecule has 0 nitrogen and oxygen atoms in total. The molecule has 22 radical (unpaired) electrons. The average molecular weight is 574 g/mol. The fourth-order valence-corrected chi connectivity index (χ4v) is 0. The van der Waals surface area contributed by atoms with E-state index in [1.54, 1.807) is 0 Å². The predicted octanol–water partition coefficient (Wildman–Crippen LogP) is -3.05. The Morgan fingerprint density at radius 3 is 0.250 bits per heavy atom. The zero-order valence-electron chi connectivity index (χ0n) is 5.04. The molecule has 0 aliphatic heterocycles. The van der Waals surface area contributed by atoms with Crippen LogP contribution in [-0.4, -0.2) is 197 Å². The van der Waals surface area contributed by atoms with Crippen molar-refractivity contribution in [2.45, 2.75) is 0 Å². The minimum Gasteiger partial charge on any atom is 0 e. The number of hydrogen-bond acceptors (Lipinski definition) is 0. The van der Waals surface area contributed by atoms with E-state index in [9.17, 15) is 0 Å². The molecule has 0 heterocycles. The summed E-state index contributed by atoms with van der Waals surface area (Å²) in [6.45, 7) is 0. The minimum atomic E-state index is 0. The molecule has 0 fully saturated rings. The van der Waals surface area contributed by atoms with Gasteiger partial charge in [0.05, 0.1) is 0 Å². The summed E-state index contributed by atoms with van der Waals surface area (Å²) in [6, 6.07) is 0. The number of hydrogen-bond donors (Lipinski definition) is 0. The van der Waals surface area contributed by atoms with Gasteiger partial charge in [-0.3, -0.25) is 0 Å². The molecule has 0 saturated carbocycles. The molecule has 0 bridgehead atoms. The first-order chi connectivity index (χ1) is 0. The van der Waals surface area contributed by atoms with E-state index in [1.807, 2.05) is 0 Å². The van der Waals surface area contributed by atoms with Crippen LogP contribution in [0.3, 0.4) is 0 Å². The molecule has 0 N–H and O–H groups in total. The first-order valence-corrected chi connectivity index (χ1v) is 0. The molecule has 8 heavy (non-hydrogen) atoms. The maximum Gasteiger partial charge on any atom is 0 e. The van der Waals surface area contributed by atoms with Crippen molar-refractivity contribution in [3.8, 4) is 0 Å². The van der Waals surface area contributed by atoms with Crippen LogP contribution in [0.15, 0.2) is 0 Å². The topological polar surface area (TPSA) is 0 Å². The van der Waals surface area contributed by atoms with Crippen LogP contribution in [-0.2, 0) is 0 Å². The molecule has 0 unspecified atom stereocenters. The molecule has 0 spiro atoms. The summed E-state index contributed by atoms with van der Waals surface area (Å²) in [5, 5.41) is 0. The summed E-state index contributed by atoms with van der Waals surface area (Å²) in [4.78, 5) is 0. The summed E-state index contributed by atoms with van der Waals surface area (Å²) < 4.78 is 0. The average Bonchev–Trinajstić information content (AvgIpc) is 0. The molecular weight excluding hydrogens is 574 g/mol. The molecule has 8 heteroatoms. The van der Waals surface area contributed by atoms with Gasteiger partial charge in [-0.25, -0.2) is 0 Å². The van der Waals surface area contributed by atoms with Crippen molar-refractivity contribution < 1.29 is 0 Å². The molecular formula is Ga7Rb. The second-order valence-corrected chi connectivity index (χ2v) is 0. The Hall–Kier alpha value is 6.26. The van der Waals surface area contributed by atoms with Gasteiger partial charge in [-0.15, -0.1) is 0 Å². The fourth-order valence-electron chi connectivity index (χ4n) is 0. The normalized spacial score (nSPS) is 0. The van der Waals surface area contributed by atoms with Gasteiger partial charge in [-0.2, -0.15) is 0 Å². The molecule has 0 rings (SSSR count). The molecule has 0 saturated heterocycles. The standard InChI is InChI=1S/7Ga.Rb. The van der Waals surface area contributed by atoms with E-state index >= 15 is 0 Å². The summed E-state index contributed by atoms with van der Waals surface area (Å²) in [7, 11) is 0. The Bertz CT molecular complexity index is 4.35. The summed E-state index contributed by atoms with van der Waals surface area (Å²) in [5.74, 6) is 0. The van der Waals surface area contributed by atoms with Crippen molar-refractivity contribution in [2.24, 2.45) is 0 Å². The van der Waals surface area contributed by atoms with Crippen LogP contribution in [0.2, 0.25) is 0 Å². The van der Waals surface area contributed by atoms with Crippen LogP contribution in [0.1, 0.15) is 0 Å². The van der Waals surface area contributed by atoms with Gasteiger partial charge in [-0.1, -0.05) is 0 Å². The van der Waals surface area contributed by atoms with Crippen molar-refractivity contribution in [3.63, 3.8) is 0 Å². The second-order valence-electron chi connectivity index (χ2n) is 0.